The predicted molar refractivity (Wildman–Crippen MR) is 82.3 cm³/mol. The molecule has 0 aromatic heterocycles. The number of likely N-dealkylation sites (tertiary alicyclic amines) is 1. The fourth-order valence-corrected chi connectivity index (χ4v) is 2.99. The zero-order chi connectivity index (χ0) is 14.0. The van der Waals surface area contributed by atoms with E-state index in [1.54, 1.807) is 6.07 Å². The van der Waals surface area contributed by atoms with Crippen LogP contribution in [0.5, 0.6) is 5.75 Å². The first-order valence-electron chi connectivity index (χ1n) is 6.82. The molecule has 0 spiro atoms. The minimum absolute atomic E-state index is 0.151. The first-order chi connectivity index (χ1) is 8.99. The van der Waals surface area contributed by atoms with Crippen molar-refractivity contribution in [3.8, 4) is 5.75 Å². The van der Waals surface area contributed by atoms with Gasteiger partial charge < -0.3 is 10.8 Å². The number of aromatic hydroxyl groups is 1. The number of rotatable bonds is 3. The molecule has 1 saturated heterocycles. The van der Waals surface area contributed by atoms with E-state index in [9.17, 15) is 5.11 Å². The first kappa shape index (κ1) is 14.3. The highest BCUT2D eigenvalue weighted by Gasteiger charge is 2.28. The molecule has 104 valence electrons. The quantitative estimate of drug-likeness (QED) is 0.835. The van der Waals surface area contributed by atoms with E-state index in [-0.39, 0.29) is 11.8 Å². The van der Waals surface area contributed by atoms with Crippen molar-refractivity contribution in [2.45, 2.75) is 32.7 Å². The SMILES string of the molecule is Cc1ccc(O)c(C(C(N)=S)N2CCC(C)CC2)c1. The summed E-state index contributed by atoms with van der Waals surface area (Å²) < 4.78 is 0. The molecule has 1 aliphatic heterocycles. The Morgan fingerprint density at radius 3 is 2.63 bits per heavy atom. The van der Waals surface area contributed by atoms with Crippen LogP contribution in [0.2, 0.25) is 0 Å². The van der Waals surface area contributed by atoms with E-state index in [2.05, 4.69) is 11.8 Å². The number of hydrogen-bond acceptors (Lipinski definition) is 3. The topological polar surface area (TPSA) is 49.5 Å². The summed E-state index contributed by atoms with van der Waals surface area (Å²) in [4.78, 5) is 2.73. The number of nitrogens with two attached hydrogens (primary N) is 1. The lowest BCUT2D eigenvalue weighted by atomic mass is 9.95. The highest BCUT2D eigenvalue weighted by Crippen LogP contribution is 2.32. The lowest BCUT2D eigenvalue weighted by Crippen LogP contribution is -2.41. The number of aryl methyl sites for hydroxylation is 1. The summed E-state index contributed by atoms with van der Waals surface area (Å²) >= 11 is 5.24. The van der Waals surface area contributed by atoms with Crippen LogP contribution >= 0.6 is 12.2 Å². The molecule has 4 heteroatoms. The number of piperidine rings is 1. The van der Waals surface area contributed by atoms with Gasteiger partial charge in [-0.1, -0.05) is 36.8 Å². The summed E-state index contributed by atoms with van der Waals surface area (Å²) in [6.45, 7) is 6.25. The number of thiocarbonyl (C=S) groups is 1. The Labute approximate surface area is 120 Å². The summed E-state index contributed by atoms with van der Waals surface area (Å²) in [7, 11) is 0. The monoisotopic (exact) mass is 278 g/mol. The number of hydrogen-bond donors (Lipinski definition) is 2. The van der Waals surface area contributed by atoms with Crippen LogP contribution < -0.4 is 5.73 Å². The van der Waals surface area contributed by atoms with E-state index in [0.29, 0.717) is 4.99 Å². The van der Waals surface area contributed by atoms with E-state index in [1.807, 2.05) is 19.1 Å². The fourth-order valence-electron chi connectivity index (χ4n) is 2.71. The third-order valence-corrected chi connectivity index (χ3v) is 4.15. The van der Waals surface area contributed by atoms with E-state index in [1.165, 1.54) is 0 Å². The first-order valence-corrected chi connectivity index (χ1v) is 7.22. The Kier molecular flexibility index (Phi) is 4.42. The van der Waals surface area contributed by atoms with Crippen LogP contribution in [0, 0.1) is 12.8 Å². The van der Waals surface area contributed by atoms with Gasteiger partial charge in [0.2, 0.25) is 0 Å². The average molecular weight is 278 g/mol. The molecule has 2 rings (SSSR count). The van der Waals surface area contributed by atoms with Crippen molar-refractivity contribution in [1.82, 2.24) is 4.90 Å². The molecule has 1 aromatic rings. The summed E-state index contributed by atoms with van der Waals surface area (Å²) in [5, 5.41) is 10.1. The van der Waals surface area contributed by atoms with Gasteiger partial charge in [0.25, 0.3) is 0 Å². The molecule has 1 aliphatic rings. The van der Waals surface area contributed by atoms with Crippen LogP contribution in [0.15, 0.2) is 18.2 Å². The summed E-state index contributed by atoms with van der Waals surface area (Å²) in [6, 6.07) is 5.45. The van der Waals surface area contributed by atoms with Gasteiger partial charge in [0.1, 0.15) is 5.75 Å². The zero-order valence-electron chi connectivity index (χ0n) is 11.6. The van der Waals surface area contributed by atoms with Gasteiger partial charge in [0.15, 0.2) is 0 Å². The number of phenolic OH excluding ortho intramolecular Hbond substituents is 1. The summed E-state index contributed by atoms with van der Waals surface area (Å²) in [5.74, 6) is 1.04. The maximum Gasteiger partial charge on any atom is 0.120 e. The van der Waals surface area contributed by atoms with Crippen LogP contribution in [0.4, 0.5) is 0 Å². The summed E-state index contributed by atoms with van der Waals surface area (Å²) in [5.41, 5.74) is 7.88. The van der Waals surface area contributed by atoms with Gasteiger partial charge >= 0.3 is 0 Å². The second kappa shape index (κ2) is 5.88. The van der Waals surface area contributed by atoms with Crippen LogP contribution in [0.25, 0.3) is 0 Å². The van der Waals surface area contributed by atoms with Crippen LogP contribution in [0.1, 0.15) is 36.9 Å². The lowest BCUT2D eigenvalue weighted by molar-refractivity contribution is 0.169. The largest absolute Gasteiger partial charge is 0.508 e. The van der Waals surface area contributed by atoms with Gasteiger partial charge in [0, 0.05) is 5.56 Å². The van der Waals surface area contributed by atoms with Crippen molar-refractivity contribution >= 4 is 17.2 Å². The van der Waals surface area contributed by atoms with Crippen molar-refractivity contribution in [2.24, 2.45) is 11.7 Å². The molecule has 1 fully saturated rings. The number of benzene rings is 1. The zero-order valence-corrected chi connectivity index (χ0v) is 12.4. The minimum atomic E-state index is -0.151. The van der Waals surface area contributed by atoms with Gasteiger partial charge in [-0.15, -0.1) is 0 Å². The van der Waals surface area contributed by atoms with Gasteiger partial charge in [-0.25, -0.2) is 0 Å². The molecule has 0 aliphatic carbocycles. The van der Waals surface area contributed by atoms with Crippen molar-refractivity contribution in [3.63, 3.8) is 0 Å². The predicted octanol–water partition coefficient (Wildman–Crippen LogP) is 2.76. The van der Waals surface area contributed by atoms with Crippen LogP contribution in [0.3, 0.4) is 0 Å². The molecule has 1 atom stereocenters. The molecule has 1 aromatic carbocycles. The smallest absolute Gasteiger partial charge is 0.120 e. The van der Waals surface area contributed by atoms with E-state index >= 15 is 0 Å². The molecule has 1 heterocycles. The van der Waals surface area contributed by atoms with Crippen molar-refractivity contribution in [1.29, 1.82) is 0 Å². The van der Waals surface area contributed by atoms with Gasteiger partial charge in [-0.3, -0.25) is 4.90 Å². The number of nitrogens with zero attached hydrogens (tertiary/aromatic N) is 1. The van der Waals surface area contributed by atoms with Gasteiger partial charge in [-0.2, -0.15) is 0 Å². The van der Waals surface area contributed by atoms with Crippen molar-refractivity contribution < 1.29 is 5.11 Å². The van der Waals surface area contributed by atoms with Crippen LogP contribution in [-0.2, 0) is 0 Å². The highest BCUT2D eigenvalue weighted by molar-refractivity contribution is 7.80. The fraction of sp³-hybridized carbons (Fsp3) is 0.533. The Hall–Kier alpha value is -1.13. The Morgan fingerprint density at radius 1 is 1.42 bits per heavy atom. The molecular formula is C15H22N2OS. The van der Waals surface area contributed by atoms with E-state index < -0.39 is 0 Å². The minimum Gasteiger partial charge on any atom is -0.508 e. The lowest BCUT2D eigenvalue weighted by Gasteiger charge is -2.36. The molecule has 19 heavy (non-hydrogen) atoms. The number of phenols is 1. The summed E-state index contributed by atoms with van der Waals surface area (Å²) in [6.07, 6.45) is 2.32. The maximum absolute atomic E-state index is 10.1. The Balaban J connectivity index is 2.30. The van der Waals surface area contributed by atoms with Gasteiger partial charge in [0.05, 0.1) is 11.0 Å². The third-order valence-electron chi connectivity index (χ3n) is 3.93. The van der Waals surface area contributed by atoms with Crippen molar-refractivity contribution in [2.75, 3.05) is 13.1 Å². The second-order valence-corrected chi connectivity index (χ2v) is 6.06. The molecule has 3 N–H and O–H groups in total. The molecule has 0 radical (unpaired) electrons. The van der Waals surface area contributed by atoms with Crippen LogP contribution in [-0.4, -0.2) is 28.1 Å². The molecule has 0 saturated carbocycles. The molecular weight excluding hydrogens is 256 g/mol. The molecule has 0 amide bonds. The average Bonchev–Trinajstić information content (AvgIpc) is 2.36. The molecule has 3 nitrogen and oxygen atoms in total. The standard InChI is InChI=1S/C15H22N2OS/c1-10-5-7-17(8-6-10)14(15(16)19)12-9-11(2)3-4-13(12)18/h3-4,9-10,14,18H,5-8H2,1-2H3,(H2,16,19). The normalized spacial score (nSPS) is 19.3. The second-order valence-electron chi connectivity index (χ2n) is 5.59. The van der Waals surface area contributed by atoms with E-state index in [4.69, 9.17) is 18.0 Å². The molecule has 0 bridgehead atoms. The highest BCUT2D eigenvalue weighted by atomic mass is 32.1. The van der Waals surface area contributed by atoms with E-state index in [0.717, 1.165) is 43.0 Å². The Morgan fingerprint density at radius 2 is 2.05 bits per heavy atom. The van der Waals surface area contributed by atoms with Gasteiger partial charge in [-0.05, 0) is 44.8 Å². The van der Waals surface area contributed by atoms with Crippen molar-refractivity contribution in [3.05, 3.63) is 29.3 Å². The third kappa shape index (κ3) is 3.25. The maximum atomic E-state index is 10.1. The molecule has 1 unspecified atom stereocenters. The Bertz CT molecular complexity index is 467.